The van der Waals surface area contributed by atoms with E-state index in [1.54, 1.807) is 6.92 Å². The van der Waals surface area contributed by atoms with Crippen molar-refractivity contribution < 1.29 is 4.92 Å². The van der Waals surface area contributed by atoms with E-state index in [0.29, 0.717) is 12.6 Å². The zero-order valence-corrected chi connectivity index (χ0v) is 12.4. The molecule has 8 heteroatoms. The van der Waals surface area contributed by atoms with Gasteiger partial charge >= 0.3 is 5.69 Å². The Bertz CT molecular complexity index is 479. The molecule has 0 aliphatic rings. The Morgan fingerprint density at radius 3 is 2.70 bits per heavy atom. The number of nitrogen functional groups attached to an aromatic ring is 1. The van der Waals surface area contributed by atoms with Gasteiger partial charge in [0.2, 0.25) is 11.8 Å². The second-order valence-corrected chi connectivity index (χ2v) is 4.79. The lowest BCUT2D eigenvalue weighted by atomic mass is 10.2. The molecule has 3 N–H and O–H groups in total. The average molecular weight is 282 g/mol. The van der Waals surface area contributed by atoms with Crippen molar-refractivity contribution in [2.24, 2.45) is 0 Å². The summed E-state index contributed by atoms with van der Waals surface area (Å²) in [6.07, 6.45) is 1.05. The maximum atomic E-state index is 11.0. The SMILES string of the molecule is CCC(C)N(C)CCNc1nc(N)nc(C)c1[N+](=O)[O-]. The van der Waals surface area contributed by atoms with Gasteiger partial charge in [-0.15, -0.1) is 0 Å². The van der Waals surface area contributed by atoms with E-state index in [1.165, 1.54) is 0 Å². The van der Waals surface area contributed by atoms with Crippen LogP contribution in [0.25, 0.3) is 0 Å². The Hall–Kier alpha value is -1.96. The minimum absolute atomic E-state index is 0.0332. The Labute approximate surface area is 118 Å². The summed E-state index contributed by atoms with van der Waals surface area (Å²) in [5.41, 5.74) is 5.68. The topological polar surface area (TPSA) is 110 Å². The standard InChI is InChI=1S/C12H22N6O2/c1-5-8(2)17(4)7-6-14-11-10(18(19)20)9(3)15-12(13)16-11/h8H,5-7H2,1-4H3,(H3,13,14,15,16). The van der Waals surface area contributed by atoms with Gasteiger partial charge in [0, 0.05) is 19.1 Å². The molecule has 0 bridgehead atoms. The first kappa shape index (κ1) is 16.1. The molecule has 1 heterocycles. The fraction of sp³-hybridized carbons (Fsp3) is 0.667. The maximum absolute atomic E-state index is 11.0. The third-order valence-corrected chi connectivity index (χ3v) is 3.36. The van der Waals surface area contributed by atoms with Crippen LogP contribution in [0.2, 0.25) is 0 Å². The number of aryl methyl sites for hydroxylation is 1. The molecule has 0 fully saturated rings. The van der Waals surface area contributed by atoms with E-state index in [2.05, 4.69) is 34.0 Å². The van der Waals surface area contributed by atoms with Crippen molar-refractivity contribution in [1.82, 2.24) is 14.9 Å². The van der Waals surface area contributed by atoms with Crippen LogP contribution in [-0.2, 0) is 0 Å². The van der Waals surface area contributed by atoms with Crippen LogP contribution in [0, 0.1) is 17.0 Å². The highest BCUT2D eigenvalue weighted by Crippen LogP contribution is 2.25. The molecule has 1 aromatic heterocycles. The smallest absolute Gasteiger partial charge is 0.332 e. The highest BCUT2D eigenvalue weighted by atomic mass is 16.6. The van der Waals surface area contributed by atoms with Crippen LogP contribution in [0.1, 0.15) is 26.0 Å². The lowest BCUT2D eigenvalue weighted by Crippen LogP contribution is -2.33. The molecule has 1 rings (SSSR count). The van der Waals surface area contributed by atoms with Crippen LogP contribution >= 0.6 is 0 Å². The van der Waals surface area contributed by atoms with E-state index in [4.69, 9.17) is 5.73 Å². The number of likely N-dealkylation sites (N-methyl/N-ethyl adjacent to an activating group) is 1. The minimum atomic E-state index is -0.491. The molecule has 0 saturated heterocycles. The van der Waals surface area contributed by atoms with Crippen molar-refractivity contribution in [2.75, 3.05) is 31.2 Å². The van der Waals surface area contributed by atoms with Crippen molar-refractivity contribution in [3.05, 3.63) is 15.8 Å². The maximum Gasteiger partial charge on any atom is 0.332 e. The van der Waals surface area contributed by atoms with Crippen molar-refractivity contribution >= 4 is 17.5 Å². The molecule has 0 radical (unpaired) electrons. The average Bonchev–Trinajstić information content (AvgIpc) is 2.36. The molecule has 0 aromatic carbocycles. The Balaban J connectivity index is 2.75. The number of aromatic nitrogens is 2. The van der Waals surface area contributed by atoms with E-state index in [-0.39, 0.29) is 23.1 Å². The van der Waals surface area contributed by atoms with E-state index >= 15 is 0 Å². The molecular formula is C12H22N6O2. The van der Waals surface area contributed by atoms with Gasteiger partial charge in [-0.2, -0.15) is 4.98 Å². The van der Waals surface area contributed by atoms with E-state index in [9.17, 15) is 10.1 Å². The molecular weight excluding hydrogens is 260 g/mol. The van der Waals surface area contributed by atoms with Gasteiger partial charge in [0.05, 0.1) is 4.92 Å². The molecule has 8 nitrogen and oxygen atoms in total. The zero-order valence-electron chi connectivity index (χ0n) is 12.4. The number of anilines is 2. The van der Waals surface area contributed by atoms with E-state index in [1.807, 2.05) is 7.05 Å². The quantitative estimate of drug-likeness (QED) is 0.574. The summed E-state index contributed by atoms with van der Waals surface area (Å²) in [6.45, 7) is 7.11. The van der Waals surface area contributed by atoms with Gasteiger partial charge in [0.15, 0.2) is 0 Å². The fourth-order valence-corrected chi connectivity index (χ4v) is 1.81. The summed E-state index contributed by atoms with van der Waals surface area (Å²) in [5, 5.41) is 14.0. The van der Waals surface area contributed by atoms with Crippen molar-refractivity contribution in [3.63, 3.8) is 0 Å². The van der Waals surface area contributed by atoms with Crippen LogP contribution in [0.4, 0.5) is 17.5 Å². The predicted octanol–water partition coefficient (Wildman–Crippen LogP) is 1.42. The first-order chi connectivity index (χ1) is 9.36. The van der Waals surface area contributed by atoms with Crippen LogP contribution in [0.3, 0.4) is 0 Å². The summed E-state index contributed by atoms with van der Waals surface area (Å²) < 4.78 is 0. The second kappa shape index (κ2) is 6.99. The Morgan fingerprint density at radius 2 is 2.15 bits per heavy atom. The fourth-order valence-electron chi connectivity index (χ4n) is 1.81. The molecule has 0 saturated carbocycles. The largest absolute Gasteiger partial charge is 0.368 e. The number of hydrogen-bond donors (Lipinski definition) is 2. The van der Waals surface area contributed by atoms with Gasteiger partial charge in [0.1, 0.15) is 5.69 Å². The minimum Gasteiger partial charge on any atom is -0.368 e. The summed E-state index contributed by atoms with van der Waals surface area (Å²) in [5.74, 6) is 0.212. The van der Waals surface area contributed by atoms with Gasteiger partial charge in [-0.25, -0.2) is 4.98 Å². The number of nitro groups is 1. The number of rotatable bonds is 7. The molecule has 112 valence electrons. The number of nitrogens with zero attached hydrogens (tertiary/aromatic N) is 4. The van der Waals surface area contributed by atoms with Gasteiger partial charge in [-0.1, -0.05) is 6.92 Å². The summed E-state index contributed by atoms with van der Waals surface area (Å²) in [4.78, 5) is 20.5. The first-order valence-electron chi connectivity index (χ1n) is 6.59. The zero-order chi connectivity index (χ0) is 15.3. The molecule has 1 unspecified atom stereocenters. The summed E-state index contributed by atoms with van der Waals surface area (Å²) >= 11 is 0. The van der Waals surface area contributed by atoms with Crippen LogP contribution in [0.5, 0.6) is 0 Å². The third-order valence-electron chi connectivity index (χ3n) is 3.36. The molecule has 1 atom stereocenters. The number of nitrogens with two attached hydrogens (primary N) is 1. The molecule has 0 aliphatic heterocycles. The van der Waals surface area contributed by atoms with Crippen LogP contribution in [0.15, 0.2) is 0 Å². The third kappa shape index (κ3) is 4.02. The number of hydrogen-bond acceptors (Lipinski definition) is 7. The lowest BCUT2D eigenvalue weighted by Gasteiger charge is -2.23. The Kier molecular flexibility index (Phi) is 5.63. The monoisotopic (exact) mass is 282 g/mol. The molecule has 0 aliphatic carbocycles. The molecule has 0 amide bonds. The molecule has 1 aromatic rings. The van der Waals surface area contributed by atoms with E-state index < -0.39 is 4.92 Å². The Morgan fingerprint density at radius 1 is 1.50 bits per heavy atom. The van der Waals surface area contributed by atoms with Gasteiger partial charge in [-0.3, -0.25) is 10.1 Å². The highest BCUT2D eigenvalue weighted by Gasteiger charge is 2.21. The molecule has 20 heavy (non-hydrogen) atoms. The predicted molar refractivity (Wildman–Crippen MR) is 78.7 cm³/mol. The van der Waals surface area contributed by atoms with Crippen LogP contribution in [-0.4, -0.2) is 46.0 Å². The second-order valence-electron chi connectivity index (χ2n) is 4.79. The first-order valence-corrected chi connectivity index (χ1v) is 6.59. The summed E-state index contributed by atoms with van der Waals surface area (Å²) in [7, 11) is 2.02. The number of nitrogens with one attached hydrogen (secondary N) is 1. The van der Waals surface area contributed by atoms with Crippen molar-refractivity contribution in [2.45, 2.75) is 33.2 Å². The lowest BCUT2D eigenvalue weighted by molar-refractivity contribution is -0.385. The van der Waals surface area contributed by atoms with Gasteiger partial charge < -0.3 is 16.0 Å². The summed E-state index contributed by atoms with van der Waals surface area (Å²) in [6, 6.07) is 0.462. The van der Waals surface area contributed by atoms with E-state index in [0.717, 1.165) is 13.0 Å². The highest BCUT2D eigenvalue weighted by molar-refractivity contribution is 5.60. The normalized spacial score (nSPS) is 12.4. The van der Waals surface area contributed by atoms with Crippen molar-refractivity contribution in [1.29, 1.82) is 0 Å². The molecule has 0 spiro atoms. The van der Waals surface area contributed by atoms with Crippen molar-refractivity contribution in [3.8, 4) is 0 Å². The van der Waals surface area contributed by atoms with Gasteiger partial charge in [0.25, 0.3) is 0 Å². The van der Waals surface area contributed by atoms with Crippen LogP contribution < -0.4 is 11.1 Å². The van der Waals surface area contributed by atoms with Gasteiger partial charge in [-0.05, 0) is 27.3 Å².